The van der Waals surface area contributed by atoms with Crippen molar-refractivity contribution in [1.29, 1.82) is 0 Å². The van der Waals surface area contributed by atoms with Crippen molar-refractivity contribution >= 4 is 34.2 Å². The Hall–Kier alpha value is -0.780. The van der Waals surface area contributed by atoms with Gasteiger partial charge in [0.15, 0.2) is 6.61 Å². The molecule has 0 bridgehead atoms. The molecular weight excluding hydrogens is 344 g/mol. The van der Waals surface area contributed by atoms with Crippen LogP contribution in [0.1, 0.15) is 13.8 Å². The third-order valence-electron chi connectivity index (χ3n) is 3.51. The van der Waals surface area contributed by atoms with E-state index < -0.39 is 0 Å². The molecule has 6 heteroatoms. The second kappa shape index (κ2) is 7.86. The summed E-state index contributed by atoms with van der Waals surface area (Å²) in [6.07, 6.45) is 0. The van der Waals surface area contributed by atoms with Gasteiger partial charge in [0, 0.05) is 29.6 Å². The van der Waals surface area contributed by atoms with Crippen LogP contribution in [0.2, 0.25) is 0 Å². The van der Waals surface area contributed by atoms with Gasteiger partial charge in [-0.2, -0.15) is 0 Å². The Kier molecular flexibility index (Phi) is 6.79. The van der Waals surface area contributed by atoms with Gasteiger partial charge < -0.3 is 15.0 Å². The fourth-order valence-electron chi connectivity index (χ4n) is 2.19. The first-order chi connectivity index (χ1) is 9.08. The van der Waals surface area contributed by atoms with Crippen molar-refractivity contribution in [1.82, 2.24) is 10.2 Å². The number of carbonyl (C=O) groups is 1. The molecule has 0 saturated carbocycles. The lowest BCUT2D eigenvalue weighted by atomic mass is 10.1. The van der Waals surface area contributed by atoms with Gasteiger partial charge in [-0.05, 0) is 32.0 Å². The minimum absolute atomic E-state index is 0. The molecule has 2 atom stereocenters. The Morgan fingerprint density at radius 2 is 2.25 bits per heavy atom. The standard InChI is InChI=1S/C14H19BrN2O2.ClH/c1-10-11(2)17(7-6-16-10)14(18)9-19-13-5-3-4-12(15)8-13;/h3-5,8,10-11,16H,6-7,9H2,1-2H3;1H. The molecule has 1 aliphatic heterocycles. The first-order valence-electron chi connectivity index (χ1n) is 6.49. The molecule has 1 aromatic carbocycles. The van der Waals surface area contributed by atoms with Crippen LogP contribution >= 0.6 is 28.3 Å². The normalized spacial score (nSPS) is 22.1. The summed E-state index contributed by atoms with van der Waals surface area (Å²) >= 11 is 3.38. The SMILES string of the molecule is CC1NCCN(C(=O)COc2cccc(Br)c2)C1C.Cl. The maximum absolute atomic E-state index is 12.2. The smallest absolute Gasteiger partial charge is 0.260 e. The maximum atomic E-state index is 12.2. The van der Waals surface area contributed by atoms with Crippen LogP contribution in [-0.2, 0) is 4.79 Å². The summed E-state index contributed by atoms with van der Waals surface area (Å²) in [5, 5.41) is 3.36. The molecule has 2 rings (SSSR count). The van der Waals surface area contributed by atoms with Crippen molar-refractivity contribution in [3.8, 4) is 5.75 Å². The predicted octanol–water partition coefficient (Wildman–Crippen LogP) is 2.46. The topological polar surface area (TPSA) is 41.6 Å². The lowest BCUT2D eigenvalue weighted by Crippen LogP contribution is -2.58. The molecule has 0 spiro atoms. The highest BCUT2D eigenvalue weighted by atomic mass is 79.9. The summed E-state index contributed by atoms with van der Waals surface area (Å²) in [5.41, 5.74) is 0. The fourth-order valence-corrected chi connectivity index (χ4v) is 2.57. The zero-order valence-electron chi connectivity index (χ0n) is 11.6. The van der Waals surface area contributed by atoms with Gasteiger partial charge in [0.25, 0.3) is 5.91 Å². The second-order valence-corrected chi connectivity index (χ2v) is 5.73. The lowest BCUT2D eigenvalue weighted by molar-refractivity contribution is -0.137. The van der Waals surface area contributed by atoms with Gasteiger partial charge in [-0.1, -0.05) is 22.0 Å². The summed E-state index contributed by atoms with van der Waals surface area (Å²) < 4.78 is 6.49. The van der Waals surface area contributed by atoms with Gasteiger partial charge in [-0.3, -0.25) is 4.79 Å². The Morgan fingerprint density at radius 3 is 2.95 bits per heavy atom. The molecule has 1 aromatic rings. The van der Waals surface area contributed by atoms with Gasteiger partial charge in [0.2, 0.25) is 0 Å². The fraction of sp³-hybridized carbons (Fsp3) is 0.500. The van der Waals surface area contributed by atoms with Crippen LogP contribution in [0.5, 0.6) is 5.75 Å². The maximum Gasteiger partial charge on any atom is 0.260 e. The first-order valence-corrected chi connectivity index (χ1v) is 7.28. The van der Waals surface area contributed by atoms with Gasteiger partial charge >= 0.3 is 0 Å². The number of halogens is 2. The molecule has 112 valence electrons. The highest BCUT2D eigenvalue weighted by Gasteiger charge is 2.28. The number of piperazine rings is 1. The summed E-state index contributed by atoms with van der Waals surface area (Å²) in [7, 11) is 0. The van der Waals surface area contributed by atoms with Gasteiger partial charge in [-0.15, -0.1) is 12.4 Å². The molecular formula is C14H20BrClN2O2. The Labute approximate surface area is 134 Å². The molecule has 4 nitrogen and oxygen atoms in total. The zero-order chi connectivity index (χ0) is 13.8. The van der Waals surface area contributed by atoms with E-state index in [4.69, 9.17) is 4.74 Å². The number of nitrogens with zero attached hydrogens (tertiary/aromatic N) is 1. The number of hydrogen-bond donors (Lipinski definition) is 1. The number of rotatable bonds is 3. The second-order valence-electron chi connectivity index (χ2n) is 4.82. The third-order valence-corrected chi connectivity index (χ3v) is 4.01. The Balaban J connectivity index is 0.00000200. The van der Waals surface area contributed by atoms with E-state index in [9.17, 15) is 4.79 Å². The van der Waals surface area contributed by atoms with Crippen LogP contribution in [0, 0.1) is 0 Å². The van der Waals surface area contributed by atoms with Crippen LogP contribution in [0.4, 0.5) is 0 Å². The molecule has 0 radical (unpaired) electrons. The quantitative estimate of drug-likeness (QED) is 0.897. The largest absolute Gasteiger partial charge is 0.484 e. The first kappa shape index (κ1) is 17.3. The van der Waals surface area contributed by atoms with E-state index in [0.717, 1.165) is 17.6 Å². The van der Waals surface area contributed by atoms with Gasteiger partial charge in [0.1, 0.15) is 5.75 Å². The van der Waals surface area contributed by atoms with Crippen molar-refractivity contribution in [2.24, 2.45) is 0 Å². The number of carbonyl (C=O) groups excluding carboxylic acids is 1. The van der Waals surface area contributed by atoms with Crippen molar-refractivity contribution in [2.45, 2.75) is 25.9 Å². The van der Waals surface area contributed by atoms with Gasteiger partial charge in [0.05, 0.1) is 0 Å². The van der Waals surface area contributed by atoms with Crippen LogP contribution in [0.15, 0.2) is 28.7 Å². The van der Waals surface area contributed by atoms with E-state index in [1.54, 1.807) is 0 Å². The van der Waals surface area contributed by atoms with Crippen molar-refractivity contribution in [2.75, 3.05) is 19.7 Å². The molecule has 1 fully saturated rings. The average Bonchev–Trinajstić information content (AvgIpc) is 2.39. The molecule has 0 aliphatic carbocycles. The van der Waals surface area contributed by atoms with E-state index in [1.807, 2.05) is 29.2 Å². The molecule has 2 unspecified atom stereocenters. The molecule has 0 aromatic heterocycles. The summed E-state index contributed by atoms with van der Waals surface area (Å²) in [5.74, 6) is 0.749. The molecule has 20 heavy (non-hydrogen) atoms. The predicted molar refractivity (Wildman–Crippen MR) is 85.5 cm³/mol. The minimum Gasteiger partial charge on any atom is -0.484 e. The third kappa shape index (κ3) is 4.36. The molecule has 1 saturated heterocycles. The van der Waals surface area contributed by atoms with Crippen LogP contribution in [-0.4, -0.2) is 42.6 Å². The van der Waals surface area contributed by atoms with Crippen LogP contribution < -0.4 is 10.1 Å². The van der Waals surface area contributed by atoms with Gasteiger partial charge in [-0.25, -0.2) is 0 Å². The number of amides is 1. The van der Waals surface area contributed by atoms with Crippen LogP contribution in [0.3, 0.4) is 0 Å². The zero-order valence-corrected chi connectivity index (χ0v) is 14.0. The number of hydrogen-bond acceptors (Lipinski definition) is 3. The van der Waals surface area contributed by atoms with E-state index in [1.165, 1.54) is 0 Å². The monoisotopic (exact) mass is 362 g/mol. The highest BCUT2D eigenvalue weighted by Crippen LogP contribution is 2.18. The minimum atomic E-state index is 0. The van der Waals surface area contributed by atoms with E-state index in [0.29, 0.717) is 11.8 Å². The summed E-state index contributed by atoms with van der Waals surface area (Å²) in [6.45, 7) is 5.83. The van der Waals surface area contributed by atoms with Crippen molar-refractivity contribution < 1.29 is 9.53 Å². The van der Waals surface area contributed by atoms with Crippen molar-refractivity contribution in [3.05, 3.63) is 28.7 Å². The number of nitrogens with one attached hydrogen (secondary N) is 1. The van der Waals surface area contributed by atoms with E-state index >= 15 is 0 Å². The van der Waals surface area contributed by atoms with Crippen LogP contribution in [0.25, 0.3) is 0 Å². The molecule has 1 heterocycles. The number of benzene rings is 1. The Bertz CT molecular complexity index is 459. The molecule has 1 N–H and O–H groups in total. The average molecular weight is 364 g/mol. The highest BCUT2D eigenvalue weighted by molar-refractivity contribution is 9.10. The van der Waals surface area contributed by atoms with Crippen molar-refractivity contribution in [3.63, 3.8) is 0 Å². The molecule has 1 aliphatic rings. The summed E-state index contributed by atoms with van der Waals surface area (Å²) in [4.78, 5) is 14.1. The number of ether oxygens (including phenoxy) is 1. The summed E-state index contributed by atoms with van der Waals surface area (Å²) in [6, 6.07) is 8.04. The van der Waals surface area contributed by atoms with E-state index in [2.05, 4.69) is 35.1 Å². The Morgan fingerprint density at radius 1 is 1.50 bits per heavy atom. The van der Waals surface area contributed by atoms with E-state index in [-0.39, 0.29) is 31.0 Å². The molecule has 1 amide bonds. The lowest BCUT2D eigenvalue weighted by Gasteiger charge is -2.38.